The number of nitrogens with one attached hydrogen (secondary N) is 2. The fraction of sp³-hybridized carbons (Fsp3) is 0.120. The molecule has 5 rings (SSSR count). The molecule has 3 heterocycles. The Balaban J connectivity index is 1.55. The molecule has 0 spiro atoms. The van der Waals surface area contributed by atoms with Crippen LogP contribution in [0.5, 0.6) is 5.75 Å². The molecule has 0 saturated carbocycles. The van der Waals surface area contributed by atoms with Crippen LogP contribution in [-0.4, -0.2) is 32.8 Å². The van der Waals surface area contributed by atoms with Gasteiger partial charge in [-0.2, -0.15) is 4.98 Å². The number of carbonyl (C=O) groups excluding carboxylic acids is 1. The third kappa shape index (κ3) is 3.94. The third-order valence-corrected chi connectivity index (χ3v) is 5.48. The highest BCUT2D eigenvalue weighted by atomic mass is 16.5. The summed E-state index contributed by atoms with van der Waals surface area (Å²) >= 11 is 0. The van der Waals surface area contributed by atoms with Crippen LogP contribution in [0.1, 0.15) is 18.5 Å². The first kappa shape index (κ1) is 20.4. The number of methoxy groups -OCH3 is 1. The average Bonchev–Trinajstić information content (AvgIpc) is 3.28. The van der Waals surface area contributed by atoms with E-state index in [1.165, 1.54) is 0 Å². The van der Waals surface area contributed by atoms with Crippen molar-refractivity contribution < 1.29 is 9.53 Å². The first-order valence-electron chi connectivity index (χ1n) is 10.5. The molecule has 2 aromatic carbocycles. The fourth-order valence-electron chi connectivity index (χ4n) is 3.87. The van der Waals surface area contributed by atoms with Crippen LogP contribution in [0, 0.1) is 0 Å². The molecular formula is C25H22N6O2. The number of rotatable bonds is 5. The number of amides is 1. The van der Waals surface area contributed by atoms with Gasteiger partial charge in [0.1, 0.15) is 11.8 Å². The first-order chi connectivity index (χ1) is 16.1. The van der Waals surface area contributed by atoms with Gasteiger partial charge in [0.15, 0.2) is 5.82 Å². The predicted octanol–water partition coefficient (Wildman–Crippen LogP) is 4.28. The van der Waals surface area contributed by atoms with Crippen molar-refractivity contribution >= 4 is 17.5 Å². The summed E-state index contributed by atoms with van der Waals surface area (Å²) in [7, 11) is 1.60. The van der Waals surface area contributed by atoms with Gasteiger partial charge in [0, 0.05) is 29.3 Å². The van der Waals surface area contributed by atoms with Crippen molar-refractivity contribution in [1.82, 2.24) is 19.7 Å². The van der Waals surface area contributed by atoms with Crippen molar-refractivity contribution in [1.29, 1.82) is 0 Å². The lowest BCUT2D eigenvalue weighted by molar-refractivity contribution is -0.113. The van der Waals surface area contributed by atoms with Gasteiger partial charge in [-0.25, -0.2) is 4.68 Å². The van der Waals surface area contributed by atoms with Gasteiger partial charge in [-0.3, -0.25) is 9.78 Å². The van der Waals surface area contributed by atoms with Gasteiger partial charge < -0.3 is 15.4 Å². The second kappa shape index (κ2) is 8.58. The quantitative estimate of drug-likeness (QED) is 0.483. The second-order valence-electron chi connectivity index (χ2n) is 7.60. The van der Waals surface area contributed by atoms with Gasteiger partial charge in [0.05, 0.1) is 12.7 Å². The SMILES string of the molecule is COc1ccc(NC(=O)C2=C(C)Nc3nc(-c4ccccc4)nn3C2c2cccnc2)cc1. The molecule has 0 fully saturated rings. The van der Waals surface area contributed by atoms with Crippen molar-refractivity contribution in [3.8, 4) is 17.1 Å². The molecule has 0 aliphatic carbocycles. The highest BCUT2D eigenvalue weighted by Gasteiger charge is 2.34. The summed E-state index contributed by atoms with van der Waals surface area (Å²) in [6.45, 7) is 1.87. The zero-order valence-electron chi connectivity index (χ0n) is 18.2. The van der Waals surface area contributed by atoms with Crippen molar-refractivity contribution in [2.24, 2.45) is 0 Å². The van der Waals surface area contributed by atoms with Crippen molar-refractivity contribution in [2.45, 2.75) is 13.0 Å². The molecule has 0 saturated heterocycles. The van der Waals surface area contributed by atoms with Gasteiger partial charge in [0.2, 0.25) is 5.95 Å². The number of hydrogen-bond acceptors (Lipinski definition) is 6. The Morgan fingerprint density at radius 3 is 2.55 bits per heavy atom. The average molecular weight is 438 g/mol. The fourth-order valence-corrected chi connectivity index (χ4v) is 3.87. The van der Waals surface area contributed by atoms with Crippen LogP contribution in [0.3, 0.4) is 0 Å². The summed E-state index contributed by atoms with van der Waals surface area (Å²) in [6, 6.07) is 20.2. The molecule has 1 aliphatic heterocycles. The van der Waals surface area contributed by atoms with Crippen LogP contribution in [-0.2, 0) is 4.79 Å². The first-order valence-corrected chi connectivity index (χ1v) is 10.5. The molecule has 0 bridgehead atoms. The minimum Gasteiger partial charge on any atom is -0.497 e. The summed E-state index contributed by atoms with van der Waals surface area (Å²) in [4.78, 5) is 22.4. The van der Waals surface area contributed by atoms with Crippen molar-refractivity contribution in [3.05, 3.63) is 96.0 Å². The van der Waals surface area contributed by atoms with E-state index in [4.69, 9.17) is 9.84 Å². The molecule has 8 nitrogen and oxygen atoms in total. The van der Waals surface area contributed by atoms with E-state index >= 15 is 0 Å². The monoisotopic (exact) mass is 438 g/mol. The Labute approximate surface area is 191 Å². The highest BCUT2D eigenvalue weighted by molar-refractivity contribution is 6.06. The molecule has 1 amide bonds. The lowest BCUT2D eigenvalue weighted by Crippen LogP contribution is -2.31. The number of hydrogen-bond donors (Lipinski definition) is 2. The van der Waals surface area contributed by atoms with E-state index in [2.05, 4.69) is 20.6 Å². The molecule has 1 atom stereocenters. The Morgan fingerprint density at radius 1 is 1.06 bits per heavy atom. The molecule has 164 valence electrons. The maximum Gasteiger partial charge on any atom is 0.255 e. The zero-order valence-corrected chi connectivity index (χ0v) is 18.2. The van der Waals surface area contributed by atoms with Gasteiger partial charge in [-0.05, 0) is 42.8 Å². The topological polar surface area (TPSA) is 94.0 Å². The number of nitrogens with zero attached hydrogens (tertiary/aromatic N) is 4. The Bertz CT molecular complexity index is 1310. The Hall–Kier alpha value is -4.46. The number of pyridine rings is 1. The summed E-state index contributed by atoms with van der Waals surface area (Å²) < 4.78 is 6.95. The van der Waals surface area contributed by atoms with Crippen molar-refractivity contribution in [2.75, 3.05) is 17.7 Å². The van der Waals surface area contributed by atoms with E-state index in [1.807, 2.05) is 49.4 Å². The summed E-state index contributed by atoms with van der Waals surface area (Å²) in [6.07, 6.45) is 3.45. The Kier molecular flexibility index (Phi) is 5.32. The van der Waals surface area contributed by atoms with Gasteiger partial charge >= 0.3 is 0 Å². The number of aromatic nitrogens is 4. The van der Waals surface area contributed by atoms with Crippen molar-refractivity contribution in [3.63, 3.8) is 0 Å². The largest absolute Gasteiger partial charge is 0.497 e. The lowest BCUT2D eigenvalue weighted by Gasteiger charge is -2.28. The van der Waals surface area contributed by atoms with Crippen LogP contribution >= 0.6 is 0 Å². The van der Waals surface area contributed by atoms with Gasteiger partial charge in [-0.15, -0.1) is 5.10 Å². The third-order valence-electron chi connectivity index (χ3n) is 5.48. The smallest absolute Gasteiger partial charge is 0.255 e. The molecule has 1 unspecified atom stereocenters. The number of benzene rings is 2. The van der Waals surface area contributed by atoms with Crippen LogP contribution in [0.25, 0.3) is 11.4 Å². The van der Waals surface area contributed by atoms with E-state index in [9.17, 15) is 4.79 Å². The van der Waals surface area contributed by atoms with E-state index in [0.717, 1.165) is 16.9 Å². The molecule has 4 aromatic rings. The normalized spacial score (nSPS) is 14.9. The van der Waals surface area contributed by atoms with Crippen LogP contribution in [0.15, 0.2) is 90.4 Å². The zero-order chi connectivity index (χ0) is 22.8. The van der Waals surface area contributed by atoms with E-state index in [0.29, 0.717) is 28.7 Å². The minimum atomic E-state index is -0.488. The van der Waals surface area contributed by atoms with E-state index < -0.39 is 6.04 Å². The number of fused-ring (bicyclic) bond motifs is 1. The number of carbonyl (C=O) groups is 1. The summed E-state index contributed by atoms with van der Waals surface area (Å²) in [5.41, 5.74) is 3.64. The summed E-state index contributed by atoms with van der Waals surface area (Å²) in [5.74, 6) is 1.64. The summed E-state index contributed by atoms with van der Waals surface area (Å²) in [5, 5.41) is 11.0. The van der Waals surface area contributed by atoms with E-state index in [1.54, 1.807) is 48.5 Å². The van der Waals surface area contributed by atoms with E-state index in [-0.39, 0.29) is 5.91 Å². The predicted molar refractivity (Wildman–Crippen MR) is 126 cm³/mol. The van der Waals surface area contributed by atoms with Crippen LogP contribution in [0.2, 0.25) is 0 Å². The standard InChI is InChI=1S/C25H22N6O2/c1-16-21(24(32)28-19-10-12-20(33-2)13-11-19)22(18-9-6-14-26-15-18)31-25(27-16)29-23(30-31)17-7-4-3-5-8-17/h3-15,22H,1-2H3,(H,28,32)(H,27,29,30). The Morgan fingerprint density at radius 2 is 1.85 bits per heavy atom. The highest BCUT2D eigenvalue weighted by Crippen LogP contribution is 2.36. The molecule has 1 aliphatic rings. The molecule has 2 aromatic heterocycles. The molecular weight excluding hydrogens is 416 g/mol. The lowest BCUT2D eigenvalue weighted by atomic mass is 9.96. The minimum absolute atomic E-state index is 0.235. The number of allylic oxidation sites excluding steroid dienone is 1. The molecule has 0 radical (unpaired) electrons. The van der Waals surface area contributed by atoms with Crippen LogP contribution in [0.4, 0.5) is 11.6 Å². The van der Waals surface area contributed by atoms with Crippen LogP contribution < -0.4 is 15.4 Å². The number of ether oxygens (including phenoxy) is 1. The molecule has 2 N–H and O–H groups in total. The van der Waals surface area contributed by atoms with Gasteiger partial charge in [0.25, 0.3) is 5.91 Å². The second-order valence-corrected chi connectivity index (χ2v) is 7.60. The number of anilines is 2. The molecule has 8 heteroatoms. The maximum atomic E-state index is 13.5. The van der Waals surface area contributed by atoms with Gasteiger partial charge in [-0.1, -0.05) is 36.4 Å². The maximum absolute atomic E-state index is 13.5. The molecule has 33 heavy (non-hydrogen) atoms.